The van der Waals surface area contributed by atoms with Crippen LogP contribution in [0.4, 0.5) is 0 Å². The molecule has 0 unspecified atom stereocenters. The number of rotatable bonds is 4. The third kappa shape index (κ3) is 2.88. The Morgan fingerprint density at radius 3 is 2.70 bits per heavy atom. The molecule has 0 radical (unpaired) electrons. The molecule has 2 amide bonds. The molecule has 23 heavy (non-hydrogen) atoms. The van der Waals surface area contributed by atoms with Crippen molar-refractivity contribution in [2.45, 2.75) is 57.5 Å². The average Bonchev–Trinajstić information content (AvgIpc) is 3.27. The van der Waals surface area contributed by atoms with Crippen molar-refractivity contribution in [2.75, 3.05) is 19.8 Å². The van der Waals surface area contributed by atoms with Crippen LogP contribution in [0.5, 0.6) is 0 Å². The van der Waals surface area contributed by atoms with E-state index in [1.165, 1.54) is 12.8 Å². The molecule has 0 aromatic carbocycles. The van der Waals surface area contributed by atoms with Crippen molar-refractivity contribution in [3.05, 3.63) is 0 Å². The first kappa shape index (κ1) is 15.4. The Labute approximate surface area is 138 Å². The number of hydrogen-bond acceptors (Lipinski definition) is 3. The van der Waals surface area contributed by atoms with Crippen LogP contribution in [-0.2, 0) is 14.3 Å². The largest absolute Gasteiger partial charge is 0.381 e. The summed E-state index contributed by atoms with van der Waals surface area (Å²) in [6.45, 7) is 4.43. The molecule has 4 atom stereocenters. The van der Waals surface area contributed by atoms with E-state index in [1.54, 1.807) is 0 Å². The predicted octanol–water partition coefficient (Wildman–Crippen LogP) is 1.56. The molecule has 2 heterocycles. The van der Waals surface area contributed by atoms with Crippen molar-refractivity contribution in [1.82, 2.24) is 10.2 Å². The zero-order valence-electron chi connectivity index (χ0n) is 14.0. The fourth-order valence-corrected chi connectivity index (χ4v) is 5.04. The van der Waals surface area contributed by atoms with Crippen molar-refractivity contribution in [3.8, 4) is 0 Å². The summed E-state index contributed by atoms with van der Waals surface area (Å²) in [5.41, 5.74) is 0. The average molecular weight is 320 g/mol. The molecule has 0 aromatic rings. The Bertz CT molecular complexity index is 485. The van der Waals surface area contributed by atoms with Gasteiger partial charge in [-0.3, -0.25) is 9.59 Å². The lowest BCUT2D eigenvalue weighted by Gasteiger charge is -2.25. The van der Waals surface area contributed by atoms with E-state index in [4.69, 9.17) is 4.74 Å². The van der Waals surface area contributed by atoms with Gasteiger partial charge in [-0.2, -0.15) is 0 Å². The molecule has 2 saturated heterocycles. The van der Waals surface area contributed by atoms with Crippen molar-refractivity contribution >= 4 is 11.8 Å². The number of amides is 2. The zero-order valence-corrected chi connectivity index (χ0v) is 14.0. The van der Waals surface area contributed by atoms with Gasteiger partial charge in [-0.25, -0.2) is 0 Å². The standard InChI is InChI=1S/C18H28N2O3/c1-11-8-16-14(9-17(21)20(16)13-2-3-13)15(11)10-19-18(22)12-4-6-23-7-5-12/h11-16H,2-10H2,1H3,(H,19,22)/t11-,14-,15+,16+/m0/s1. The van der Waals surface area contributed by atoms with E-state index in [1.807, 2.05) is 0 Å². The van der Waals surface area contributed by atoms with Gasteiger partial charge in [0.25, 0.3) is 0 Å². The number of likely N-dealkylation sites (tertiary alicyclic amines) is 1. The zero-order chi connectivity index (χ0) is 16.0. The Hall–Kier alpha value is -1.10. The molecule has 4 aliphatic rings. The van der Waals surface area contributed by atoms with Gasteiger partial charge in [-0.15, -0.1) is 0 Å². The van der Waals surface area contributed by atoms with Crippen LogP contribution in [-0.4, -0.2) is 48.6 Å². The highest BCUT2D eigenvalue weighted by molar-refractivity contribution is 5.80. The fourth-order valence-electron chi connectivity index (χ4n) is 5.04. The molecule has 0 aromatic heterocycles. The molecule has 0 bridgehead atoms. The SMILES string of the molecule is C[C@H]1C[C@@H]2[C@@H](CC(=O)N2C2CC2)[C@@H]1CNC(=O)C1CCOCC1. The molecule has 4 fully saturated rings. The number of carbonyl (C=O) groups is 2. The monoisotopic (exact) mass is 320 g/mol. The smallest absolute Gasteiger partial charge is 0.223 e. The van der Waals surface area contributed by atoms with Gasteiger partial charge in [0.15, 0.2) is 0 Å². The van der Waals surface area contributed by atoms with Crippen molar-refractivity contribution in [2.24, 2.45) is 23.7 Å². The number of hydrogen-bond donors (Lipinski definition) is 1. The summed E-state index contributed by atoms with van der Waals surface area (Å²) in [5, 5.41) is 3.19. The molecule has 2 saturated carbocycles. The van der Waals surface area contributed by atoms with Crippen LogP contribution in [0.15, 0.2) is 0 Å². The van der Waals surface area contributed by atoms with E-state index in [-0.39, 0.29) is 11.8 Å². The van der Waals surface area contributed by atoms with Gasteiger partial charge in [0.2, 0.25) is 11.8 Å². The first-order valence-corrected chi connectivity index (χ1v) is 9.31. The van der Waals surface area contributed by atoms with Crippen LogP contribution in [0, 0.1) is 23.7 Å². The molecule has 1 N–H and O–H groups in total. The third-order valence-corrected chi connectivity index (χ3v) is 6.49. The molecule has 5 heteroatoms. The molecule has 128 valence electrons. The van der Waals surface area contributed by atoms with Crippen LogP contribution >= 0.6 is 0 Å². The number of nitrogens with zero attached hydrogens (tertiary/aromatic N) is 1. The maximum absolute atomic E-state index is 12.4. The third-order valence-electron chi connectivity index (χ3n) is 6.49. The lowest BCUT2D eigenvalue weighted by Crippen LogP contribution is -2.39. The fraction of sp³-hybridized carbons (Fsp3) is 0.889. The van der Waals surface area contributed by atoms with Gasteiger partial charge in [0, 0.05) is 44.2 Å². The summed E-state index contributed by atoms with van der Waals surface area (Å²) in [7, 11) is 0. The summed E-state index contributed by atoms with van der Waals surface area (Å²) < 4.78 is 5.33. The van der Waals surface area contributed by atoms with Crippen molar-refractivity contribution in [3.63, 3.8) is 0 Å². The van der Waals surface area contributed by atoms with Crippen LogP contribution in [0.1, 0.15) is 45.4 Å². The Balaban J connectivity index is 1.35. The van der Waals surface area contributed by atoms with Crippen LogP contribution < -0.4 is 5.32 Å². The van der Waals surface area contributed by atoms with Crippen molar-refractivity contribution < 1.29 is 14.3 Å². The molecule has 4 rings (SSSR count). The minimum atomic E-state index is 0.115. The Morgan fingerprint density at radius 1 is 1.26 bits per heavy atom. The van der Waals surface area contributed by atoms with Gasteiger partial charge >= 0.3 is 0 Å². The van der Waals surface area contributed by atoms with Gasteiger partial charge < -0.3 is 15.0 Å². The summed E-state index contributed by atoms with van der Waals surface area (Å²) >= 11 is 0. The lowest BCUT2D eigenvalue weighted by molar-refractivity contribution is -0.129. The van der Waals surface area contributed by atoms with Crippen LogP contribution in [0.3, 0.4) is 0 Å². The molecule has 0 spiro atoms. The first-order valence-electron chi connectivity index (χ1n) is 9.31. The minimum Gasteiger partial charge on any atom is -0.381 e. The Kier molecular flexibility index (Phi) is 4.08. The van der Waals surface area contributed by atoms with Crippen LogP contribution in [0.25, 0.3) is 0 Å². The molecular formula is C18H28N2O3. The molecule has 5 nitrogen and oxygen atoms in total. The maximum Gasteiger partial charge on any atom is 0.223 e. The van der Waals surface area contributed by atoms with E-state index >= 15 is 0 Å². The highest BCUT2D eigenvalue weighted by atomic mass is 16.5. The summed E-state index contributed by atoms with van der Waals surface area (Å²) in [4.78, 5) is 26.9. The van der Waals surface area contributed by atoms with Crippen molar-refractivity contribution in [1.29, 1.82) is 0 Å². The second-order valence-electron chi connectivity index (χ2n) is 7.98. The topological polar surface area (TPSA) is 58.6 Å². The summed E-state index contributed by atoms with van der Waals surface area (Å²) in [6, 6.07) is 0.968. The van der Waals surface area contributed by atoms with Gasteiger partial charge in [0.1, 0.15) is 0 Å². The van der Waals surface area contributed by atoms with Gasteiger partial charge in [-0.1, -0.05) is 6.92 Å². The summed E-state index contributed by atoms with van der Waals surface area (Å²) in [6.07, 6.45) is 5.87. The first-order chi connectivity index (χ1) is 11.1. The quantitative estimate of drug-likeness (QED) is 0.855. The highest BCUT2D eigenvalue weighted by Gasteiger charge is 2.53. The molecule has 2 aliphatic carbocycles. The second-order valence-corrected chi connectivity index (χ2v) is 7.98. The van der Waals surface area contributed by atoms with Gasteiger partial charge in [0.05, 0.1) is 0 Å². The predicted molar refractivity (Wildman–Crippen MR) is 85.6 cm³/mol. The highest BCUT2D eigenvalue weighted by Crippen LogP contribution is 2.49. The molecule has 2 aliphatic heterocycles. The van der Waals surface area contributed by atoms with E-state index in [2.05, 4.69) is 17.1 Å². The van der Waals surface area contributed by atoms with Gasteiger partial charge in [-0.05, 0) is 49.9 Å². The number of ether oxygens (including phenoxy) is 1. The summed E-state index contributed by atoms with van der Waals surface area (Å²) in [5.74, 6) is 2.16. The number of fused-ring (bicyclic) bond motifs is 1. The van der Waals surface area contributed by atoms with Crippen LogP contribution in [0.2, 0.25) is 0 Å². The number of nitrogens with one attached hydrogen (secondary N) is 1. The van der Waals surface area contributed by atoms with E-state index < -0.39 is 0 Å². The molecular weight excluding hydrogens is 292 g/mol. The second kappa shape index (κ2) is 6.08. The van der Waals surface area contributed by atoms with E-state index in [0.29, 0.717) is 55.4 Å². The maximum atomic E-state index is 12.4. The Morgan fingerprint density at radius 2 is 2.00 bits per heavy atom. The van der Waals surface area contributed by atoms with E-state index in [0.717, 1.165) is 25.8 Å². The minimum absolute atomic E-state index is 0.115. The number of carbonyl (C=O) groups excluding carboxylic acids is 2. The normalized spacial score (nSPS) is 38.0. The lowest BCUT2D eigenvalue weighted by atomic mass is 9.88. The van der Waals surface area contributed by atoms with E-state index in [9.17, 15) is 9.59 Å².